The number of carboxylic acid groups (broad SMARTS) is 1. The summed E-state index contributed by atoms with van der Waals surface area (Å²) in [5, 5.41) is 19.7. The first kappa shape index (κ1) is 22.1. The molecule has 0 saturated carbocycles. The van der Waals surface area contributed by atoms with Crippen LogP contribution in [-0.4, -0.2) is 57.8 Å². The predicted molar refractivity (Wildman–Crippen MR) is 107 cm³/mol. The number of anilines is 1. The van der Waals surface area contributed by atoms with Crippen molar-refractivity contribution >= 4 is 29.3 Å². The average molecular weight is 402 g/mol. The molecule has 0 aliphatic carbocycles. The van der Waals surface area contributed by atoms with E-state index in [9.17, 15) is 29.4 Å². The van der Waals surface area contributed by atoms with Gasteiger partial charge in [-0.1, -0.05) is 19.8 Å². The van der Waals surface area contributed by atoms with E-state index in [1.54, 1.807) is 6.07 Å². The van der Waals surface area contributed by atoms with Crippen LogP contribution in [0.15, 0.2) is 29.8 Å². The molecule has 1 unspecified atom stereocenters. The molecule has 8 nitrogen and oxygen atoms in total. The number of aromatic hydroxyl groups is 1. The van der Waals surface area contributed by atoms with E-state index in [4.69, 9.17) is 0 Å². The largest absolute Gasteiger partial charge is 0.507 e. The number of imide groups is 1. The van der Waals surface area contributed by atoms with Crippen molar-refractivity contribution < 1.29 is 29.4 Å². The summed E-state index contributed by atoms with van der Waals surface area (Å²) in [6.07, 6.45) is 2.18. The number of hydrogen-bond donors (Lipinski definition) is 2. The number of phenolic OH excluding ortho intramolecular Hbond substituents is 1. The van der Waals surface area contributed by atoms with Crippen molar-refractivity contribution in [3.63, 3.8) is 0 Å². The van der Waals surface area contributed by atoms with E-state index < -0.39 is 35.2 Å². The molecule has 1 aromatic rings. The number of carbonyl (C=O) groups is 4. The highest BCUT2D eigenvalue weighted by Crippen LogP contribution is 2.29. The molecule has 2 N–H and O–H groups in total. The lowest BCUT2D eigenvalue weighted by Gasteiger charge is -2.23. The van der Waals surface area contributed by atoms with Gasteiger partial charge in [-0.3, -0.25) is 19.3 Å². The summed E-state index contributed by atoms with van der Waals surface area (Å²) in [7, 11) is 0. The number of aliphatic carboxylic acids is 1. The van der Waals surface area contributed by atoms with Gasteiger partial charge in [0.1, 0.15) is 11.8 Å². The standard InChI is InChI=1S/C21H26N2O6/c1-4-7-8-16(21(28)29)23-18(25)12-15(20(23)27)19(26)14-10-9-13(11-17(14)24)22(5-2)6-3/h9-12,16,24H,4-8H2,1-3H3,(H,28,29). The van der Waals surface area contributed by atoms with Crippen molar-refractivity contribution in [2.45, 2.75) is 46.1 Å². The zero-order chi connectivity index (χ0) is 21.7. The van der Waals surface area contributed by atoms with Crippen molar-refractivity contribution in [3.05, 3.63) is 35.4 Å². The second-order valence-electron chi connectivity index (χ2n) is 6.77. The minimum atomic E-state index is -1.32. The Morgan fingerprint density at radius 3 is 2.31 bits per heavy atom. The third-order valence-corrected chi connectivity index (χ3v) is 4.98. The Hall–Kier alpha value is -3.16. The molecule has 1 aromatic carbocycles. The molecule has 0 radical (unpaired) electrons. The second-order valence-corrected chi connectivity index (χ2v) is 6.77. The lowest BCUT2D eigenvalue weighted by atomic mass is 10.0. The molecule has 1 aliphatic rings. The molecule has 29 heavy (non-hydrogen) atoms. The van der Waals surface area contributed by atoms with Gasteiger partial charge in [-0.25, -0.2) is 4.79 Å². The number of amides is 2. The fraction of sp³-hybridized carbons (Fsp3) is 0.429. The maximum Gasteiger partial charge on any atom is 0.326 e. The molecule has 8 heteroatoms. The molecule has 1 heterocycles. The van der Waals surface area contributed by atoms with Gasteiger partial charge in [0.15, 0.2) is 0 Å². The summed E-state index contributed by atoms with van der Waals surface area (Å²) in [6.45, 7) is 7.21. The van der Waals surface area contributed by atoms with E-state index in [-0.39, 0.29) is 17.7 Å². The first-order valence-corrected chi connectivity index (χ1v) is 9.71. The van der Waals surface area contributed by atoms with E-state index in [0.29, 0.717) is 30.8 Å². The van der Waals surface area contributed by atoms with Gasteiger partial charge in [-0.05, 0) is 32.4 Å². The number of unbranched alkanes of at least 4 members (excludes halogenated alkanes) is 1. The zero-order valence-corrected chi connectivity index (χ0v) is 16.8. The van der Waals surface area contributed by atoms with Crippen molar-refractivity contribution in [1.82, 2.24) is 4.90 Å². The number of carbonyl (C=O) groups excluding carboxylic acids is 3. The molecule has 0 bridgehead atoms. The van der Waals surface area contributed by atoms with E-state index in [1.807, 2.05) is 25.7 Å². The number of ketones is 1. The van der Waals surface area contributed by atoms with Crippen LogP contribution in [0.25, 0.3) is 0 Å². The van der Waals surface area contributed by atoms with Crippen LogP contribution in [0, 0.1) is 0 Å². The minimum absolute atomic E-state index is 0.114. The highest BCUT2D eigenvalue weighted by Gasteiger charge is 2.42. The average Bonchev–Trinajstić information content (AvgIpc) is 2.97. The molecule has 1 atom stereocenters. The van der Waals surface area contributed by atoms with Gasteiger partial charge in [0.2, 0.25) is 5.78 Å². The number of phenols is 1. The maximum atomic E-state index is 12.8. The van der Waals surface area contributed by atoms with E-state index in [2.05, 4.69) is 0 Å². The van der Waals surface area contributed by atoms with Crippen LogP contribution in [0.1, 0.15) is 50.4 Å². The Labute approximate surface area is 169 Å². The van der Waals surface area contributed by atoms with Crippen LogP contribution in [0.3, 0.4) is 0 Å². The van der Waals surface area contributed by atoms with Gasteiger partial charge in [-0.15, -0.1) is 0 Å². The summed E-state index contributed by atoms with van der Waals surface area (Å²) >= 11 is 0. The SMILES string of the molecule is CCCCC(C(=O)O)N1C(=O)C=C(C(=O)c2ccc(N(CC)CC)cc2O)C1=O. The molecular weight excluding hydrogens is 376 g/mol. The third kappa shape index (κ3) is 4.47. The first-order chi connectivity index (χ1) is 13.8. The fourth-order valence-corrected chi connectivity index (χ4v) is 3.35. The van der Waals surface area contributed by atoms with Crippen molar-refractivity contribution in [2.24, 2.45) is 0 Å². The number of nitrogens with zero attached hydrogens (tertiary/aromatic N) is 2. The molecule has 2 amide bonds. The Bertz CT molecular complexity index is 857. The molecule has 1 aliphatic heterocycles. The van der Waals surface area contributed by atoms with Crippen LogP contribution in [-0.2, 0) is 14.4 Å². The zero-order valence-electron chi connectivity index (χ0n) is 16.8. The second kappa shape index (κ2) is 9.36. The smallest absolute Gasteiger partial charge is 0.326 e. The maximum absolute atomic E-state index is 12.8. The van der Waals surface area contributed by atoms with Crippen LogP contribution in [0.4, 0.5) is 5.69 Å². The van der Waals surface area contributed by atoms with Gasteiger partial charge in [0.05, 0.1) is 11.1 Å². The van der Waals surface area contributed by atoms with Crippen LogP contribution in [0.2, 0.25) is 0 Å². The van der Waals surface area contributed by atoms with E-state index in [0.717, 1.165) is 11.8 Å². The lowest BCUT2D eigenvalue weighted by Crippen LogP contribution is -2.45. The van der Waals surface area contributed by atoms with Crippen molar-refractivity contribution in [3.8, 4) is 5.75 Å². The summed E-state index contributed by atoms with van der Waals surface area (Å²) in [6, 6.07) is 3.16. The summed E-state index contributed by atoms with van der Waals surface area (Å²) in [5.74, 6) is -4.20. The van der Waals surface area contributed by atoms with E-state index >= 15 is 0 Å². The Balaban J connectivity index is 2.30. The Morgan fingerprint density at radius 1 is 1.14 bits per heavy atom. The molecule has 156 valence electrons. The number of rotatable bonds is 10. The molecule has 2 rings (SSSR count). The number of hydrogen-bond acceptors (Lipinski definition) is 6. The molecule has 0 fully saturated rings. The monoisotopic (exact) mass is 402 g/mol. The molecule has 0 spiro atoms. The van der Waals surface area contributed by atoms with Gasteiger partial charge < -0.3 is 15.1 Å². The summed E-state index contributed by atoms with van der Waals surface area (Å²) in [5.41, 5.74) is 0.165. The van der Waals surface area contributed by atoms with Crippen LogP contribution < -0.4 is 4.90 Å². The van der Waals surface area contributed by atoms with Crippen molar-refractivity contribution in [1.29, 1.82) is 0 Å². The van der Waals surface area contributed by atoms with Crippen LogP contribution in [0.5, 0.6) is 5.75 Å². The summed E-state index contributed by atoms with van der Waals surface area (Å²) in [4.78, 5) is 51.9. The minimum Gasteiger partial charge on any atom is -0.507 e. The van der Waals surface area contributed by atoms with Gasteiger partial charge >= 0.3 is 5.97 Å². The highest BCUT2D eigenvalue weighted by molar-refractivity contribution is 6.34. The van der Waals surface area contributed by atoms with Crippen LogP contribution >= 0.6 is 0 Å². The Morgan fingerprint density at radius 2 is 1.79 bits per heavy atom. The molecular formula is C21H26N2O6. The predicted octanol–water partition coefficient (Wildman–Crippen LogP) is 2.36. The third-order valence-electron chi connectivity index (χ3n) is 4.98. The quantitative estimate of drug-likeness (QED) is 0.351. The molecule has 0 saturated heterocycles. The van der Waals surface area contributed by atoms with Gasteiger partial charge in [-0.2, -0.15) is 0 Å². The molecule has 0 aromatic heterocycles. The first-order valence-electron chi connectivity index (χ1n) is 9.71. The fourth-order valence-electron chi connectivity index (χ4n) is 3.35. The van der Waals surface area contributed by atoms with Gasteiger partial charge in [0.25, 0.3) is 11.8 Å². The normalized spacial score (nSPS) is 14.7. The number of benzene rings is 1. The topological polar surface area (TPSA) is 115 Å². The number of Topliss-reactive ketones (excluding diaryl/α,β-unsaturated/α-hetero) is 1. The summed E-state index contributed by atoms with van der Waals surface area (Å²) < 4.78 is 0. The number of carboxylic acids is 1. The van der Waals surface area contributed by atoms with E-state index in [1.165, 1.54) is 12.1 Å². The highest BCUT2D eigenvalue weighted by atomic mass is 16.4. The lowest BCUT2D eigenvalue weighted by molar-refractivity contribution is -0.153. The Kier molecular flexibility index (Phi) is 7.14. The van der Waals surface area contributed by atoms with Gasteiger partial charge in [0, 0.05) is 30.9 Å². The van der Waals surface area contributed by atoms with Crippen molar-refractivity contribution in [2.75, 3.05) is 18.0 Å².